The lowest BCUT2D eigenvalue weighted by atomic mass is 9.83. The number of rotatable bonds is 7. The summed E-state index contributed by atoms with van der Waals surface area (Å²) in [6.07, 6.45) is 3.69. The number of nitrogens with one attached hydrogen (secondary N) is 2. The monoisotopic (exact) mass is 693 g/mol. The molecule has 2 saturated heterocycles. The van der Waals surface area contributed by atoms with Crippen molar-refractivity contribution in [2.75, 3.05) is 38.3 Å². The number of nitrogens with two attached hydrogens (primary N) is 1. The van der Waals surface area contributed by atoms with Gasteiger partial charge < -0.3 is 25.1 Å². The highest BCUT2D eigenvalue weighted by atomic mass is 32.2. The Morgan fingerprint density at radius 2 is 1.63 bits per heavy atom. The van der Waals surface area contributed by atoms with Crippen LogP contribution in [0.1, 0.15) is 67.8 Å². The maximum Gasteiger partial charge on any atom is 0.436 e. The van der Waals surface area contributed by atoms with E-state index >= 15 is 0 Å². The first kappa shape index (κ1) is 35.5. The second-order valence-corrected chi connectivity index (χ2v) is 15.4. The van der Waals surface area contributed by atoms with Gasteiger partial charge in [-0.1, -0.05) is 24.3 Å². The predicted octanol–water partition coefficient (Wildman–Crippen LogP) is 4.77. The summed E-state index contributed by atoms with van der Waals surface area (Å²) in [4.78, 5) is 51.6. The molecule has 3 aromatic rings. The van der Waals surface area contributed by atoms with Crippen molar-refractivity contribution in [3.05, 3.63) is 71.7 Å². The number of H-pyrrole nitrogens is 1. The van der Waals surface area contributed by atoms with Crippen LogP contribution in [-0.2, 0) is 19.5 Å². The molecule has 2 aliphatic rings. The van der Waals surface area contributed by atoms with Gasteiger partial charge >= 0.3 is 12.2 Å². The summed E-state index contributed by atoms with van der Waals surface area (Å²) in [6, 6.07) is 13.4. The minimum absolute atomic E-state index is 0.0231. The molecule has 2 fully saturated rings. The molecule has 15 heteroatoms. The Kier molecular flexibility index (Phi) is 10.4. The maximum absolute atomic E-state index is 14.1. The van der Waals surface area contributed by atoms with Crippen LogP contribution in [0.5, 0.6) is 0 Å². The van der Waals surface area contributed by atoms with E-state index in [1.165, 1.54) is 17.7 Å². The summed E-state index contributed by atoms with van der Waals surface area (Å²) in [5, 5.41) is 2.63. The number of methoxy groups -OCH3 is 1. The molecule has 14 nitrogen and oxygen atoms in total. The maximum atomic E-state index is 14.1. The fraction of sp³-hybridized carbons (Fsp3) is 0.441. The van der Waals surface area contributed by atoms with Crippen LogP contribution in [0.2, 0.25) is 0 Å². The number of benzene rings is 2. The number of hydrogen-bond acceptors (Lipinski definition) is 8. The first-order valence-electron chi connectivity index (χ1n) is 16.0. The van der Waals surface area contributed by atoms with Crippen LogP contribution in [0.3, 0.4) is 0 Å². The minimum atomic E-state index is -3.26. The Labute approximate surface area is 286 Å². The third kappa shape index (κ3) is 8.83. The highest BCUT2D eigenvalue weighted by molar-refractivity contribution is 7.88. The molecule has 49 heavy (non-hydrogen) atoms. The van der Waals surface area contributed by atoms with Gasteiger partial charge in [0, 0.05) is 36.4 Å². The molecule has 3 amide bonds. The van der Waals surface area contributed by atoms with Crippen molar-refractivity contribution in [3.63, 3.8) is 0 Å². The van der Waals surface area contributed by atoms with Gasteiger partial charge in [0.05, 0.1) is 31.3 Å². The van der Waals surface area contributed by atoms with Gasteiger partial charge in [-0.05, 0) is 81.7 Å². The number of amidine groups is 1. The lowest BCUT2D eigenvalue weighted by Gasteiger charge is -2.33. The Morgan fingerprint density at radius 3 is 2.22 bits per heavy atom. The molecule has 262 valence electrons. The molecule has 2 atom stereocenters. The zero-order valence-corrected chi connectivity index (χ0v) is 29.1. The molecule has 0 bridgehead atoms. The molecule has 0 aliphatic carbocycles. The van der Waals surface area contributed by atoms with Crippen LogP contribution < -0.4 is 11.1 Å². The molecule has 0 radical (unpaired) electrons. The van der Waals surface area contributed by atoms with Crippen LogP contribution in [0, 0.1) is 11.8 Å². The van der Waals surface area contributed by atoms with Crippen LogP contribution in [-0.4, -0.2) is 90.1 Å². The van der Waals surface area contributed by atoms with Gasteiger partial charge in [0.15, 0.2) is 0 Å². The third-order valence-electron chi connectivity index (χ3n) is 8.80. The normalized spacial score (nSPS) is 19.4. The summed E-state index contributed by atoms with van der Waals surface area (Å²) < 4.78 is 35.6. The molecule has 5 rings (SSSR count). The summed E-state index contributed by atoms with van der Waals surface area (Å²) in [7, 11) is -1.96. The van der Waals surface area contributed by atoms with Crippen LogP contribution in [0.25, 0.3) is 11.3 Å². The first-order valence-corrected chi connectivity index (χ1v) is 17.9. The van der Waals surface area contributed by atoms with Crippen molar-refractivity contribution in [3.8, 4) is 11.3 Å². The number of aliphatic imine (C=N–C) groups is 1. The molecule has 2 aliphatic heterocycles. The molecule has 4 N–H and O–H groups in total. The Morgan fingerprint density at radius 1 is 1.00 bits per heavy atom. The van der Waals surface area contributed by atoms with E-state index in [-0.39, 0.29) is 29.6 Å². The lowest BCUT2D eigenvalue weighted by Crippen LogP contribution is -2.40. The number of likely N-dealkylation sites (tertiary alicyclic amines) is 1. The van der Waals surface area contributed by atoms with Gasteiger partial charge in [-0.25, -0.2) is 27.3 Å². The number of aromatic amines is 1. The van der Waals surface area contributed by atoms with Crippen molar-refractivity contribution >= 4 is 39.6 Å². The van der Waals surface area contributed by atoms with Gasteiger partial charge in [0.1, 0.15) is 17.3 Å². The predicted molar refractivity (Wildman–Crippen MR) is 184 cm³/mol. The van der Waals surface area contributed by atoms with E-state index in [1.54, 1.807) is 63.4 Å². The number of carbonyl (C=O) groups excluding carboxylic acids is 3. The average molecular weight is 694 g/mol. The molecule has 0 saturated carbocycles. The van der Waals surface area contributed by atoms with E-state index < -0.39 is 27.8 Å². The van der Waals surface area contributed by atoms with Crippen LogP contribution in [0.4, 0.5) is 15.3 Å². The minimum Gasteiger partial charge on any atom is -0.453 e. The number of ether oxygens (including phenoxy) is 2. The van der Waals surface area contributed by atoms with E-state index in [2.05, 4.69) is 20.0 Å². The van der Waals surface area contributed by atoms with Crippen molar-refractivity contribution in [1.82, 2.24) is 19.2 Å². The standard InChI is InChI=1S/C34H43N7O7S/c1-34(2,3)48-33(44)39-29(35)23-6-8-24(9-7-23)31(42)41-20-25(21-14-16-40(17-15-21)49(5,45)46)18-28(41)30-36-19-27(38-30)22-10-12-26(13-11-22)37-32(43)47-4/h6-13,19,21,25,28H,14-18,20H2,1-5H3,(H,36,38)(H,37,43)(H2,35,39,44)/t25-,28-/m0/s1. The smallest absolute Gasteiger partial charge is 0.436 e. The number of nitrogens with zero attached hydrogens (tertiary/aromatic N) is 4. The molecule has 0 spiro atoms. The zero-order chi connectivity index (χ0) is 35.5. The molecule has 2 aromatic carbocycles. The second kappa shape index (κ2) is 14.4. The Balaban J connectivity index is 1.37. The number of imidazole rings is 1. The van der Waals surface area contributed by atoms with Crippen molar-refractivity contribution in [2.24, 2.45) is 22.6 Å². The molecule has 3 heterocycles. The Bertz CT molecular complexity index is 1810. The number of anilines is 1. The third-order valence-corrected chi connectivity index (χ3v) is 10.1. The molecular weight excluding hydrogens is 650 g/mol. The van der Waals surface area contributed by atoms with Crippen molar-refractivity contribution in [2.45, 2.75) is 51.7 Å². The second-order valence-electron chi connectivity index (χ2n) is 13.4. The van der Waals surface area contributed by atoms with E-state index in [9.17, 15) is 22.8 Å². The topological polar surface area (TPSA) is 189 Å². The van der Waals surface area contributed by atoms with E-state index in [0.29, 0.717) is 61.5 Å². The summed E-state index contributed by atoms with van der Waals surface area (Å²) in [5.41, 5.74) is 8.43. The SMILES string of the molecule is COC(=O)Nc1ccc(-c2cnc([C@@H]3C[C@H](C4CCN(S(C)(=O)=O)CC4)CN3C(=O)c3ccc(C(N)=NC(=O)OC(C)(C)C)cc3)[nH]2)cc1. The number of aromatic nitrogens is 2. The number of piperidine rings is 1. The number of amides is 3. The van der Waals surface area contributed by atoms with E-state index in [0.717, 1.165) is 11.3 Å². The van der Waals surface area contributed by atoms with E-state index in [4.69, 9.17) is 15.5 Å². The van der Waals surface area contributed by atoms with Crippen LogP contribution in [0.15, 0.2) is 59.7 Å². The molecular formula is C34H43N7O7S. The van der Waals surface area contributed by atoms with Gasteiger partial charge in [0.2, 0.25) is 10.0 Å². The highest BCUT2D eigenvalue weighted by Crippen LogP contribution is 2.42. The van der Waals surface area contributed by atoms with Crippen molar-refractivity contribution < 1.29 is 32.3 Å². The summed E-state index contributed by atoms with van der Waals surface area (Å²) >= 11 is 0. The van der Waals surface area contributed by atoms with Gasteiger partial charge in [-0.15, -0.1) is 0 Å². The zero-order valence-electron chi connectivity index (χ0n) is 28.3. The number of carbonyl (C=O) groups is 3. The number of hydrogen-bond donors (Lipinski definition) is 3. The quantitative estimate of drug-likeness (QED) is 0.231. The molecule has 0 unspecified atom stereocenters. The largest absolute Gasteiger partial charge is 0.453 e. The van der Waals surface area contributed by atoms with Gasteiger partial charge in [-0.3, -0.25) is 10.1 Å². The lowest BCUT2D eigenvalue weighted by molar-refractivity contribution is 0.0603. The number of sulfonamides is 1. The Hall–Kier alpha value is -4.76. The summed E-state index contributed by atoms with van der Waals surface area (Å²) in [6.45, 7) is 6.61. The highest BCUT2D eigenvalue weighted by Gasteiger charge is 2.42. The first-order chi connectivity index (χ1) is 23.1. The van der Waals surface area contributed by atoms with E-state index in [1.807, 2.05) is 17.0 Å². The average Bonchev–Trinajstić information content (AvgIpc) is 3.72. The van der Waals surface area contributed by atoms with Crippen molar-refractivity contribution in [1.29, 1.82) is 0 Å². The van der Waals surface area contributed by atoms with Crippen LogP contribution >= 0.6 is 0 Å². The van der Waals surface area contributed by atoms with Gasteiger partial charge in [0.25, 0.3) is 5.91 Å². The fourth-order valence-electron chi connectivity index (χ4n) is 6.32. The molecule has 1 aromatic heterocycles. The fourth-order valence-corrected chi connectivity index (χ4v) is 7.20. The summed E-state index contributed by atoms with van der Waals surface area (Å²) in [5.74, 6) is 0.815. The van der Waals surface area contributed by atoms with Gasteiger partial charge in [-0.2, -0.15) is 4.99 Å².